The molecule has 0 radical (unpaired) electrons. The van der Waals surface area contributed by atoms with Crippen molar-refractivity contribution in [2.45, 2.75) is 25.5 Å². The molecule has 3 aromatic rings. The number of hydrogen-bond acceptors (Lipinski definition) is 6. The highest BCUT2D eigenvalue weighted by atomic mass is 35.5. The number of anilines is 1. The predicted molar refractivity (Wildman–Crippen MR) is 120 cm³/mol. The number of carbonyl (C=O) groups excluding carboxylic acids is 1. The maximum Gasteiger partial charge on any atom is 0.410 e. The highest BCUT2D eigenvalue weighted by Gasteiger charge is 2.27. The Morgan fingerprint density at radius 3 is 2.80 bits per heavy atom. The lowest BCUT2D eigenvalue weighted by atomic mass is 10.0. The zero-order chi connectivity index (χ0) is 20.9. The van der Waals surface area contributed by atoms with E-state index in [0.29, 0.717) is 5.02 Å². The van der Waals surface area contributed by atoms with E-state index in [4.69, 9.17) is 21.3 Å². The van der Waals surface area contributed by atoms with E-state index in [9.17, 15) is 4.79 Å². The fourth-order valence-corrected chi connectivity index (χ4v) is 4.32. The van der Waals surface area contributed by atoms with Gasteiger partial charge in [-0.1, -0.05) is 29.8 Å². The Balaban J connectivity index is 1.34. The molecule has 3 heterocycles. The number of piperidine rings is 1. The molecule has 30 heavy (non-hydrogen) atoms. The molecule has 6 nitrogen and oxygen atoms in total. The number of nitrogens with zero attached hydrogens (tertiary/aromatic N) is 4. The first-order chi connectivity index (χ1) is 14.6. The number of halogens is 1. The van der Waals surface area contributed by atoms with Crippen LogP contribution in [-0.2, 0) is 11.3 Å². The summed E-state index contributed by atoms with van der Waals surface area (Å²) >= 11 is 7.61. The normalized spacial score (nSPS) is 14.5. The number of carbonyl (C=O) groups is 1. The van der Waals surface area contributed by atoms with Crippen molar-refractivity contribution in [3.63, 3.8) is 0 Å². The SMILES string of the molecule is CN(C(=O)OCc1cscn1)C1CCN(c2cccc(-c3cccc(Cl)c3)n2)CC1. The largest absolute Gasteiger partial charge is 0.443 e. The van der Waals surface area contributed by atoms with Crippen LogP contribution in [0, 0.1) is 0 Å². The van der Waals surface area contributed by atoms with Crippen LogP contribution in [-0.4, -0.2) is 47.1 Å². The van der Waals surface area contributed by atoms with Gasteiger partial charge in [-0.15, -0.1) is 11.3 Å². The standard InChI is InChI=1S/C22H23ClN4O2S/c1-26(22(28)29-13-18-14-30-15-24-18)19-8-10-27(11-9-19)21-7-3-6-20(25-21)16-4-2-5-17(23)12-16/h2-7,12,14-15,19H,8-11,13H2,1H3. The molecule has 4 rings (SSSR count). The zero-order valence-electron chi connectivity index (χ0n) is 16.7. The van der Waals surface area contributed by atoms with E-state index in [1.54, 1.807) is 10.4 Å². The van der Waals surface area contributed by atoms with Crippen molar-refractivity contribution in [3.8, 4) is 11.3 Å². The Kier molecular flexibility index (Phi) is 6.50. The monoisotopic (exact) mass is 442 g/mol. The van der Waals surface area contributed by atoms with Gasteiger partial charge in [0.05, 0.1) is 16.9 Å². The van der Waals surface area contributed by atoms with Crippen molar-refractivity contribution >= 4 is 34.8 Å². The number of amides is 1. The molecule has 1 fully saturated rings. The van der Waals surface area contributed by atoms with E-state index in [1.165, 1.54) is 11.3 Å². The summed E-state index contributed by atoms with van der Waals surface area (Å²) in [6.07, 6.45) is 1.43. The van der Waals surface area contributed by atoms with Gasteiger partial charge in [0.25, 0.3) is 0 Å². The minimum absolute atomic E-state index is 0.153. The van der Waals surface area contributed by atoms with Crippen LogP contribution < -0.4 is 4.90 Å². The van der Waals surface area contributed by atoms with Gasteiger partial charge >= 0.3 is 6.09 Å². The highest BCUT2D eigenvalue weighted by molar-refractivity contribution is 7.07. The van der Waals surface area contributed by atoms with E-state index in [0.717, 1.165) is 48.7 Å². The maximum absolute atomic E-state index is 12.4. The maximum atomic E-state index is 12.4. The molecule has 0 saturated carbocycles. The second kappa shape index (κ2) is 9.45. The van der Waals surface area contributed by atoms with Crippen LogP contribution >= 0.6 is 22.9 Å². The second-order valence-electron chi connectivity index (χ2n) is 7.25. The summed E-state index contributed by atoms with van der Waals surface area (Å²) in [5.74, 6) is 0.944. The minimum Gasteiger partial charge on any atom is -0.443 e. The van der Waals surface area contributed by atoms with Gasteiger partial charge in [0, 0.05) is 42.1 Å². The van der Waals surface area contributed by atoms with Crippen LogP contribution in [0.15, 0.2) is 53.4 Å². The van der Waals surface area contributed by atoms with E-state index in [-0.39, 0.29) is 18.7 Å². The number of rotatable bonds is 5. The van der Waals surface area contributed by atoms with Crippen molar-refractivity contribution in [3.05, 3.63) is 64.1 Å². The van der Waals surface area contributed by atoms with E-state index < -0.39 is 0 Å². The van der Waals surface area contributed by atoms with E-state index in [1.807, 2.05) is 54.9 Å². The van der Waals surface area contributed by atoms with Crippen molar-refractivity contribution in [1.29, 1.82) is 0 Å². The molecule has 0 aliphatic carbocycles. The molecule has 1 aromatic carbocycles. The van der Waals surface area contributed by atoms with Gasteiger partial charge in [-0.2, -0.15) is 0 Å². The minimum atomic E-state index is -0.303. The quantitative estimate of drug-likeness (QED) is 0.550. The molecule has 0 spiro atoms. The molecule has 1 aliphatic heterocycles. The first kappa shape index (κ1) is 20.6. The second-order valence-corrected chi connectivity index (χ2v) is 8.41. The van der Waals surface area contributed by atoms with Crippen LogP contribution in [0.4, 0.5) is 10.6 Å². The van der Waals surface area contributed by atoms with Gasteiger partial charge in [0.1, 0.15) is 12.4 Å². The average Bonchev–Trinajstić information content (AvgIpc) is 3.31. The number of aromatic nitrogens is 2. The lowest BCUT2D eigenvalue weighted by Crippen LogP contribution is -2.46. The average molecular weight is 443 g/mol. The van der Waals surface area contributed by atoms with Gasteiger partial charge in [-0.05, 0) is 37.1 Å². The molecule has 0 bridgehead atoms. The van der Waals surface area contributed by atoms with Crippen molar-refractivity contribution in [2.75, 3.05) is 25.0 Å². The topological polar surface area (TPSA) is 58.6 Å². The Morgan fingerprint density at radius 1 is 1.27 bits per heavy atom. The molecule has 156 valence electrons. The molecule has 0 atom stereocenters. The fraction of sp³-hybridized carbons (Fsp3) is 0.318. The van der Waals surface area contributed by atoms with Crippen LogP contribution in [0.3, 0.4) is 0 Å². The Morgan fingerprint density at radius 2 is 2.07 bits per heavy atom. The lowest BCUT2D eigenvalue weighted by molar-refractivity contribution is 0.0854. The number of benzene rings is 1. The van der Waals surface area contributed by atoms with E-state index in [2.05, 4.69) is 9.88 Å². The first-order valence-electron chi connectivity index (χ1n) is 9.85. The number of hydrogen-bond donors (Lipinski definition) is 0. The van der Waals surface area contributed by atoms with Gasteiger partial charge in [-0.25, -0.2) is 14.8 Å². The molecular formula is C22H23ClN4O2S. The molecule has 2 aromatic heterocycles. The summed E-state index contributed by atoms with van der Waals surface area (Å²) in [7, 11) is 1.81. The summed E-state index contributed by atoms with van der Waals surface area (Å²) in [5, 5.41) is 2.58. The highest BCUT2D eigenvalue weighted by Crippen LogP contribution is 2.26. The third kappa shape index (κ3) is 4.91. The third-order valence-electron chi connectivity index (χ3n) is 5.31. The van der Waals surface area contributed by atoms with Crippen LogP contribution in [0.25, 0.3) is 11.3 Å². The molecule has 1 saturated heterocycles. The predicted octanol–water partition coefficient (Wildman–Crippen LogP) is 5.10. The summed E-state index contributed by atoms with van der Waals surface area (Å²) < 4.78 is 5.38. The van der Waals surface area contributed by atoms with E-state index >= 15 is 0 Å². The smallest absolute Gasteiger partial charge is 0.410 e. The van der Waals surface area contributed by atoms with Crippen molar-refractivity contribution < 1.29 is 9.53 Å². The number of ether oxygens (including phenoxy) is 1. The molecule has 1 aliphatic rings. The molecule has 8 heteroatoms. The Bertz CT molecular complexity index is 990. The molecule has 0 unspecified atom stereocenters. The van der Waals surface area contributed by atoms with Gasteiger partial charge < -0.3 is 14.5 Å². The Hall–Kier alpha value is -2.64. The number of thiazole rings is 1. The van der Waals surface area contributed by atoms with Gasteiger partial charge in [0.2, 0.25) is 0 Å². The lowest BCUT2D eigenvalue weighted by Gasteiger charge is -2.36. The fourth-order valence-electron chi connectivity index (χ4n) is 3.59. The number of pyridine rings is 1. The Labute approximate surface area is 185 Å². The molecular weight excluding hydrogens is 420 g/mol. The first-order valence-corrected chi connectivity index (χ1v) is 11.2. The summed E-state index contributed by atoms with van der Waals surface area (Å²) in [6, 6.07) is 13.9. The third-order valence-corrected chi connectivity index (χ3v) is 6.18. The van der Waals surface area contributed by atoms with Crippen molar-refractivity contribution in [2.24, 2.45) is 0 Å². The molecule has 0 N–H and O–H groups in total. The van der Waals surface area contributed by atoms with Crippen LogP contribution in [0.1, 0.15) is 18.5 Å². The van der Waals surface area contributed by atoms with Crippen LogP contribution in [0.2, 0.25) is 5.02 Å². The zero-order valence-corrected chi connectivity index (χ0v) is 18.3. The molecule has 1 amide bonds. The van der Waals surface area contributed by atoms with Gasteiger partial charge in [-0.3, -0.25) is 0 Å². The van der Waals surface area contributed by atoms with Crippen LogP contribution in [0.5, 0.6) is 0 Å². The van der Waals surface area contributed by atoms with Gasteiger partial charge in [0.15, 0.2) is 0 Å². The summed E-state index contributed by atoms with van der Waals surface area (Å²) in [4.78, 5) is 25.3. The summed E-state index contributed by atoms with van der Waals surface area (Å²) in [5.41, 5.74) is 4.42. The summed E-state index contributed by atoms with van der Waals surface area (Å²) in [6.45, 7) is 1.88. The van der Waals surface area contributed by atoms with Crippen molar-refractivity contribution in [1.82, 2.24) is 14.9 Å².